The molecule has 1 unspecified atom stereocenters. The van der Waals surface area contributed by atoms with E-state index in [2.05, 4.69) is 5.10 Å². The monoisotopic (exact) mass is 284 g/mol. The third-order valence-corrected chi connectivity index (χ3v) is 3.59. The highest BCUT2D eigenvalue weighted by Gasteiger charge is 2.15. The summed E-state index contributed by atoms with van der Waals surface area (Å²) in [6, 6.07) is 7.16. The summed E-state index contributed by atoms with van der Waals surface area (Å²) in [5.41, 5.74) is 1.67. The van der Waals surface area contributed by atoms with Crippen LogP contribution in [0, 0.1) is 0 Å². The summed E-state index contributed by atoms with van der Waals surface area (Å²) in [5, 5.41) is 15.3. The van der Waals surface area contributed by atoms with E-state index in [1.807, 2.05) is 13.1 Å². The van der Waals surface area contributed by atoms with Crippen LogP contribution in [0.3, 0.4) is 0 Å². The van der Waals surface area contributed by atoms with Crippen LogP contribution >= 0.6 is 23.2 Å². The van der Waals surface area contributed by atoms with Crippen LogP contribution in [0.15, 0.2) is 30.5 Å². The molecule has 1 N–H and O–H groups in total. The Labute approximate surface area is 116 Å². The Morgan fingerprint density at radius 3 is 2.50 bits per heavy atom. The molecule has 5 heteroatoms. The molecule has 0 aliphatic heterocycles. The lowest BCUT2D eigenvalue weighted by Crippen LogP contribution is -2.04. The van der Waals surface area contributed by atoms with E-state index < -0.39 is 6.10 Å². The smallest absolute Gasteiger partial charge is 0.0822 e. The van der Waals surface area contributed by atoms with Gasteiger partial charge in [-0.15, -0.1) is 0 Å². The van der Waals surface area contributed by atoms with E-state index >= 15 is 0 Å². The van der Waals surface area contributed by atoms with Crippen LogP contribution in [0.1, 0.15) is 23.8 Å². The topological polar surface area (TPSA) is 38.0 Å². The molecule has 0 amide bonds. The van der Waals surface area contributed by atoms with E-state index in [9.17, 15) is 5.11 Å². The zero-order valence-electron chi connectivity index (χ0n) is 9.98. The molecule has 1 heterocycles. The van der Waals surface area contributed by atoms with Crippen molar-refractivity contribution in [1.82, 2.24) is 9.78 Å². The second-order valence-corrected chi connectivity index (χ2v) is 4.95. The number of rotatable bonds is 4. The first-order chi connectivity index (χ1) is 8.59. The molecule has 2 rings (SSSR count). The third kappa shape index (κ3) is 2.86. The molecule has 0 bridgehead atoms. The average Bonchev–Trinajstić information content (AvgIpc) is 2.72. The van der Waals surface area contributed by atoms with Crippen molar-refractivity contribution in [1.29, 1.82) is 0 Å². The molecule has 0 radical (unpaired) electrons. The van der Waals surface area contributed by atoms with Crippen molar-refractivity contribution < 1.29 is 5.11 Å². The van der Waals surface area contributed by atoms with Gasteiger partial charge in [0.15, 0.2) is 0 Å². The Kier molecular flexibility index (Phi) is 4.27. The molecule has 0 fully saturated rings. The van der Waals surface area contributed by atoms with E-state index in [4.69, 9.17) is 23.2 Å². The number of aliphatic hydroxyl groups is 1. The predicted octanol–water partition coefficient (Wildman–Crippen LogP) is 3.39. The van der Waals surface area contributed by atoms with Crippen molar-refractivity contribution in [3.8, 4) is 0 Å². The second kappa shape index (κ2) is 5.74. The fourth-order valence-corrected chi connectivity index (χ4v) is 2.55. The molecule has 1 aromatic heterocycles. The third-order valence-electron chi connectivity index (χ3n) is 2.93. The predicted molar refractivity (Wildman–Crippen MR) is 73.0 cm³/mol. The molecule has 0 aliphatic rings. The van der Waals surface area contributed by atoms with Gasteiger partial charge in [0.1, 0.15) is 0 Å². The summed E-state index contributed by atoms with van der Waals surface area (Å²) < 4.78 is 1.79. The fraction of sp³-hybridized carbons (Fsp3) is 0.308. The maximum Gasteiger partial charge on any atom is 0.0822 e. The molecule has 96 valence electrons. The van der Waals surface area contributed by atoms with Crippen LogP contribution in [-0.4, -0.2) is 14.9 Å². The van der Waals surface area contributed by atoms with Crippen LogP contribution in [-0.2, 0) is 13.5 Å². The Balaban J connectivity index is 2.08. The van der Waals surface area contributed by atoms with Crippen molar-refractivity contribution in [2.45, 2.75) is 18.9 Å². The van der Waals surface area contributed by atoms with E-state index in [1.54, 1.807) is 29.1 Å². The first-order valence-corrected chi connectivity index (χ1v) is 6.44. The molecular weight excluding hydrogens is 271 g/mol. The van der Waals surface area contributed by atoms with Gasteiger partial charge < -0.3 is 5.11 Å². The van der Waals surface area contributed by atoms with E-state index in [1.165, 1.54) is 0 Å². The number of nitrogens with zero attached hydrogens (tertiary/aromatic N) is 2. The van der Waals surface area contributed by atoms with Crippen LogP contribution in [0.4, 0.5) is 0 Å². The van der Waals surface area contributed by atoms with Crippen LogP contribution in [0.5, 0.6) is 0 Å². The first-order valence-electron chi connectivity index (χ1n) is 5.68. The largest absolute Gasteiger partial charge is 0.388 e. The number of halogens is 2. The lowest BCUT2D eigenvalue weighted by molar-refractivity contribution is 0.167. The molecule has 3 nitrogen and oxygen atoms in total. The minimum Gasteiger partial charge on any atom is -0.388 e. The molecular formula is C13H14Cl2N2O. The average molecular weight is 285 g/mol. The van der Waals surface area contributed by atoms with Crippen LogP contribution in [0.2, 0.25) is 10.0 Å². The summed E-state index contributed by atoms with van der Waals surface area (Å²) in [4.78, 5) is 0. The molecule has 18 heavy (non-hydrogen) atoms. The molecule has 0 aliphatic carbocycles. The minimum atomic E-state index is -0.666. The van der Waals surface area contributed by atoms with Gasteiger partial charge in [0.05, 0.1) is 6.10 Å². The summed E-state index contributed by atoms with van der Waals surface area (Å²) in [6.45, 7) is 0. The van der Waals surface area contributed by atoms with Crippen molar-refractivity contribution >= 4 is 23.2 Å². The minimum absolute atomic E-state index is 0.500. The lowest BCUT2D eigenvalue weighted by atomic mass is 10.0. The Morgan fingerprint density at radius 2 is 1.94 bits per heavy atom. The molecule has 1 aromatic carbocycles. The van der Waals surface area contributed by atoms with Gasteiger partial charge in [0.2, 0.25) is 0 Å². The van der Waals surface area contributed by atoms with E-state index in [0.29, 0.717) is 22.0 Å². The zero-order chi connectivity index (χ0) is 13.1. The number of aryl methyl sites for hydroxylation is 2. The van der Waals surface area contributed by atoms with Crippen molar-refractivity contribution in [2.24, 2.45) is 7.05 Å². The van der Waals surface area contributed by atoms with Crippen molar-refractivity contribution in [2.75, 3.05) is 0 Å². The number of hydrogen-bond acceptors (Lipinski definition) is 2. The molecule has 0 spiro atoms. The second-order valence-electron chi connectivity index (χ2n) is 4.14. The molecule has 1 atom stereocenters. The summed E-state index contributed by atoms with van der Waals surface area (Å²) in [6.07, 6.45) is 2.35. The standard InChI is InChI=1S/C13H14Cl2N2O/c1-17-9(7-8-16-17)5-6-12(18)13-10(14)3-2-4-11(13)15/h2-4,7-8,12,18H,5-6H2,1H3. The van der Waals surface area contributed by atoms with Gasteiger partial charge in [-0.3, -0.25) is 4.68 Å². The number of hydrogen-bond donors (Lipinski definition) is 1. The van der Waals surface area contributed by atoms with Gasteiger partial charge in [-0.05, 0) is 31.0 Å². The van der Waals surface area contributed by atoms with Gasteiger partial charge in [-0.1, -0.05) is 29.3 Å². The highest BCUT2D eigenvalue weighted by Crippen LogP contribution is 2.32. The first kappa shape index (κ1) is 13.4. The number of aliphatic hydroxyl groups excluding tert-OH is 1. The van der Waals surface area contributed by atoms with Gasteiger partial charge in [0.25, 0.3) is 0 Å². The summed E-state index contributed by atoms with van der Waals surface area (Å²) in [7, 11) is 1.88. The SMILES string of the molecule is Cn1nccc1CCC(O)c1c(Cl)cccc1Cl. The Bertz CT molecular complexity index is 519. The summed E-state index contributed by atoms with van der Waals surface area (Å²) >= 11 is 12.1. The fourth-order valence-electron chi connectivity index (χ4n) is 1.90. The van der Waals surface area contributed by atoms with Gasteiger partial charge in [-0.2, -0.15) is 5.10 Å². The molecule has 0 saturated carbocycles. The molecule has 0 saturated heterocycles. The summed E-state index contributed by atoms with van der Waals surface area (Å²) in [5.74, 6) is 0. The van der Waals surface area contributed by atoms with Crippen LogP contribution < -0.4 is 0 Å². The highest BCUT2D eigenvalue weighted by molar-refractivity contribution is 6.36. The normalized spacial score (nSPS) is 12.7. The quantitative estimate of drug-likeness (QED) is 0.935. The Hall–Kier alpha value is -1.03. The van der Waals surface area contributed by atoms with Crippen LogP contribution in [0.25, 0.3) is 0 Å². The zero-order valence-corrected chi connectivity index (χ0v) is 11.5. The number of aromatic nitrogens is 2. The van der Waals surface area contributed by atoms with Gasteiger partial charge in [-0.25, -0.2) is 0 Å². The Morgan fingerprint density at radius 1 is 1.28 bits per heavy atom. The lowest BCUT2D eigenvalue weighted by Gasteiger charge is -2.14. The van der Waals surface area contributed by atoms with Gasteiger partial charge in [0, 0.05) is 34.5 Å². The number of benzene rings is 1. The maximum atomic E-state index is 10.2. The maximum absolute atomic E-state index is 10.2. The van der Waals surface area contributed by atoms with Crippen molar-refractivity contribution in [3.63, 3.8) is 0 Å². The molecule has 2 aromatic rings. The van der Waals surface area contributed by atoms with Gasteiger partial charge >= 0.3 is 0 Å². The highest BCUT2D eigenvalue weighted by atomic mass is 35.5. The van der Waals surface area contributed by atoms with E-state index in [-0.39, 0.29) is 0 Å². The van der Waals surface area contributed by atoms with Crippen molar-refractivity contribution in [3.05, 3.63) is 51.8 Å². The van der Waals surface area contributed by atoms with E-state index in [0.717, 1.165) is 12.1 Å².